The Morgan fingerprint density at radius 1 is 1.10 bits per heavy atom. The fourth-order valence-electron chi connectivity index (χ4n) is 1.90. The molecule has 0 aromatic heterocycles. The standard InChI is InChI=1S/C15H13NO4/c1-10-6-11(2)8-14(7-10)20-15(17)12-4-3-5-13(9-12)16(18)19/h3-9H,1-2H3. The first kappa shape index (κ1) is 13.7. The van der Waals surface area contributed by atoms with Gasteiger partial charge in [0.25, 0.3) is 5.69 Å². The van der Waals surface area contributed by atoms with Gasteiger partial charge in [-0.15, -0.1) is 0 Å². The minimum Gasteiger partial charge on any atom is -0.423 e. The third kappa shape index (κ3) is 3.20. The lowest BCUT2D eigenvalue weighted by molar-refractivity contribution is -0.384. The second-order valence-corrected chi connectivity index (χ2v) is 4.52. The molecule has 0 atom stereocenters. The summed E-state index contributed by atoms with van der Waals surface area (Å²) in [5.41, 5.74) is 1.97. The van der Waals surface area contributed by atoms with Gasteiger partial charge in [0.2, 0.25) is 0 Å². The molecule has 2 aromatic carbocycles. The van der Waals surface area contributed by atoms with E-state index < -0.39 is 10.9 Å². The van der Waals surface area contributed by atoms with Crippen LogP contribution in [-0.2, 0) is 0 Å². The molecular weight excluding hydrogens is 258 g/mol. The Bertz CT molecular complexity index is 659. The van der Waals surface area contributed by atoms with E-state index in [0.29, 0.717) is 5.75 Å². The number of hydrogen-bond donors (Lipinski definition) is 0. The Kier molecular flexibility index (Phi) is 3.79. The fourth-order valence-corrected chi connectivity index (χ4v) is 1.90. The number of esters is 1. The Labute approximate surface area is 116 Å². The van der Waals surface area contributed by atoms with Gasteiger partial charge in [-0.05, 0) is 43.2 Å². The number of benzene rings is 2. The van der Waals surface area contributed by atoms with Crippen molar-refractivity contribution >= 4 is 11.7 Å². The van der Waals surface area contributed by atoms with Gasteiger partial charge < -0.3 is 4.74 Å². The van der Waals surface area contributed by atoms with E-state index in [-0.39, 0.29) is 11.3 Å². The maximum atomic E-state index is 12.0. The van der Waals surface area contributed by atoms with Crippen LogP contribution in [0, 0.1) is 24.0 Å². The van der Waals surface area contributed by atoms with Crippen LogP contribution < -0.4 is 4.74 Å². The van der Waals surface area contributed by atoms with Crippen LogP contribution in [0.4, 0.5) is 5.69 Å². The highest BCUT2D eigenvalue weighted by Gasteiger charge is 2.13. The second kappa shape index (κ2) is 5.52. The first-order valence-electron chi connectivity index (χ1n) is 6.00. The van der Waals surface area contributed by atoms with Crippen LogP contribution in [-0.4, -0.2) is 10.9 Å². The summed E-state index contributed by atoms with van der Waals surface area (Å²) < 4.78 is 5.24. The number of hydrogen-bond acceptors (Lipinski definition) is 4. The van der Waals surface area contributed by atoms with E-state index in [4.69, 9.17) is 4.74 Å². The smallest absolute Gasteiger partial charge is 0.343 e. The molecule has 0 bridgehead atoms. The fraction of sp³-hybridized carbons (Fsp3) is 0.133. The van der Waals surface area contributed by atoms with Crippen molar-refractivity contribution in [2.24, 2.45) is 0 Å². The largest absolute Gasteiger partial charge is 0.423 e. The molecule has 0 aliphatic carbocycles. The molecule has 0 aliphatic rings. The van der Waals surface area contributed by atoms with Crippen molar-refractivity contribution in [2.45, 2.75) is 13.8 Å². The Hall–Kier alpha value is -2.69. The third-order valence-electron chi connectivity index (χ3n) is 2.70. The molecule has 0 aliphatic heterocycles. The maximum absolute atomic E-state index is 12.0. The monoisotopic (exact) mass is 271 g/mol. The molecule has 0 saturated heterocycles. The quantitative estimate of drug-likeness (QED) is 0.371. The summed E-state index contributed by atoms with van der Waals surface area (Å²) in [5.74, 6) is -0.183. The van der Waals surface area contributed by atoms with Crippen LogP contribution in [0.25, 0.3) is 0 Å². The van der Waals surface area contributed by atoms with Crippen molar-refractivity contribution in [3.05, 3.63) is 69.3 Å². The normalized spacial score (nSPS) is 10.1. The molecule has 5 heteroatoms. The molecule has 102 valence electrons. The number of ether oxygens (including phenoxy) is 1. The topological polar surface area (TPSA) is 69.4 Å². The summed E-state index contributed by atoms with van der Waals surface area (Å²) >= 11 is 0. The number of carbonyl (C=O) groups excluding carboxylic acids is 1. The van der Waals surface area contributed by atoms with Gasteiger partial charge in [0.05, 0.1) is 10.5 Å². The SMILES string of the molecule is Cc1cc(C)cc(OC(=O)c2cccc([N+](=O)[O-])c2)c1. The number of carbonyl (C=O) groups is 1. The van der Waals surface area contributed by atoms with E-state index in [0.717, 1.165) is 11.1 Å². The van der Waals surface area contributed by atoms with Gasteiger partial charge in [0.1, 0.15) is 5.75 Å². The van der Waals surface area contributed by atoms with Crippen LogP contribution >= 0.6 is 0 Å². The van der Waals surface area contributed by atoms with Gasteiger partial charge in [-0.1, -0.05) is 12.1 Å². The number of nitro groups is 1. The van der Waals surface area contributed by atoms with E-state index in [1.54, 1.807) is 12.1 Å². The average Bonchev–Trinajstić information content (AvgIpc) is 2.37. The van der Waals surface area contributed by atoms with E-state index >= 15 is 0 Å². The van der Waals surface area contributed by atoms with E-state index in [1.807, 2.05) is 19.9 Å². The lowest BCUT2D eigenvalue weighted by atomic mass is 10.1. The van der Waals surface area contributed by atoms with Crippen LogP contribution in [0.2, 0.25) is 0 Å². The molecule has 0 amide bonds. The van der Waals surface area contributed by atoms with Gasteiger partial charge in [-0.2, -0.15) is 0 Å². The average molecular weight is 271 g/mol. The molecule has 0 saturated carbocycles. The molecule has 0 N–H and O–H groups in total. The van der Waals surface area contributed by atoms with Crippen molar-refractivity contribution in [3.63, 3.8) is 0 Å². The maximum Gasteiger partial charge on any atom is 0.343 e. The molecule has 0 heterocycles. The van der Waals surface area contributed by atoms with Crippen molar-refractivity contribution in [1.82, 2.24) is 0 Å². The minimum atomic E-state index is -0.612. The molecule has 20 heavy (non-hydrogen) atoms. The van der Waals surface area contributed by atoms with Crippen LogP contribution in [0.1, 0.15) is 21.5 Å². The van der Waals surface area contributed by atoms with Crippen molar-refractivity contribution < 1.29 is 14.5 Å². The highest BCUT2D eigenvalue weighted by Crippen LogP contribution is 2.19. The van der Waals surface area contributed by atoms with E-state index in [9.17, 15) is 14.9 Å². The zero-order valence-electron chi connectivity index (χ0n) is 11.1. The molecule has 0 spiro atoms. The van der Waals surface area contributed by atoms with Gasteiger partial charge >= 0.3 is 5.97 Å². The Balaban J connectivity index is 2.23. The van der Waals surface area contributed by atoms with Gasteiger partial charge in [0, 0.05) is 12.1 Å². The van der Waals surface area contributed by atoms with E-state index in [1.165, 1.54) is 24.3 Å². The molecule has 0 unspecified atom stereocenters. The van der Waals surface area contributed by atoms with Gasteiger partial charge in [-0.3, -0.25) is 10.1 Å². The molecule has 2 rings (SSSR count). The molecule has 2 aromatic rings. The number of rotatable bonds is 3. The zero-order valence-corrected chi connectivity index (χ0v) is 11.1. The second-order valence-electron chi connectivity index (χ2n) is 4.52. The number of nitrogens with zero attached hydrogens (tertiary/aromatic N) is 1. The third-order valence-corrected chi connectivity index (χ3v) is 2.70. The predicted octanol–water partition coefficient (Wildman–Crippen LogP) is 3.43. The van der Waals surface area contributed by atoms with Crippen molar-refractivity contribution in [1.29, 1.82) is 0 Å². The number of aryl methyl sites for hydroxylation is 2. The highest BCUT2D eigenvalue weighted by molar-refractivity contribution is 5.91. The highest BCUT2D eigenvalue weighted by atomic mass is 16.6. The van der Waals surface area contributed by atoms with Crippen molar-refractivity contribution in [2.75, 3.05) is 0 Å². The van der Waals surface area contributed by atoms with Gasteiger partial charge in [-0.25, -0.2) is 4.79 Å². The van der Waals surface area contributed by atoms with Crippen LogP contribution in [0.3, 0.4) is 0 Å². The molecule has 0 fully saturated rings. The number of nitro benzene ring substituents is 1. The van der Waals surface area contributed by atoms with E-state index in [2.05, 4.69) is 0 Å². The lowest BCUT2D eigenvalue weighted by Gasteiger charge is -2.06. The van der Waals surface area contributed by atoms with Crippen molar-refractivity contribution in [3.8, 4) is 5.75 Å². The first-order valence-corrected chi connectivity index (χ1v) is 6.00. The predicted molar refractivity (Wildman–Crippen MR) is 74.0 cm³/mol. The minimum absolute atomic E-state index is 0.139. The Morgan fingerprint density at radius 2 is 1.75 bits per heavy atom. The summed E-state index contributed by atoms with van der Waals surface area (Å²) in [6, 6.07) is 10.9. The van der Waals surface area contributed by atoms with Crippen LogP contribution in [0.15, 0.2) is 42.5 Å². The summed E-state index contributed by atoms with van der Waals surface area (Å²) in [4.78, 5) is 22.1. The molecule has 5 nitrogen and oxygen atoms in total. The number of non-ortho nitro benzene ring substituents is 1. The lowest BCUT2D eigenvalue weighted by Crippen LogP contribution is -2.09. The summed E-state index contributed by atoms with van der Waals surface area (Å²) in [6.45, 7) is 3.80. The zero-order chi connectivity index (χ0) is 14.7. The Morgan fingerprint density at radius 3 is 2.35 bits per heavy atom. The molecule has 0 radical (unpaired) electrons. The summed E-state index contributed by atoms with van der Waals surface area (Å²) in [6.07, 6.45) is 0. The summed E-state index contributed by atoms with van der Waals surface area (Å²) in [5, 5.41) is 10.7. The first-order chi connectivity index (χ1) is 9.45. The van der Waals surface area contributed by atoms with Gasteiger partial charge in [0.15, 0.2) is 0 Å². The van der Waals surface area contributed by atoms with Crippen LogP contribution in [0.5, 0.6) is 5.75 Å². The molecular formula is C15H13NO4. The summed E-state index contributed by atoms with van der Waals surface area (Å²) in [7, 11) is 0.